The van der Waals surface area contributed by atoms with Gasteiger partial charge in [-0.3, -0.25) is 0 Å². The standard InChI is InChI=1S/C9H9ClN4O/c1-15-8-4-6(2-3-12-8)14-5-7(10)9(11)13-14/h2-5H,1H3,(H2,11,13). The molecule has 0 aliphatic carbocycles. The lowest BCUT2D eigenvalue weighted by atomic mass is 10.4. The third kappa shape index (κ3) is 1.87. The van der Waals surface area contributed by atoms with Crippen molar-refractivity contribution in [3.8, 4) is 11.6 Å². The number of ether oxygens (including phenoxy) is 1. The summed E-state index contributed by atoms with van der Waals surface area (Å²) in [4.78, 5) is 3.99. The molecule has 2 aromatic heterocycles. The monoisotopic (exact) mass is 224 g/mol. The number of halogens is 1. The number of nitrogens with two attached hydrogens (primary N) is 1. The Labute approximate surface area is 91.4 Å². The fraction of sp³-hybridized carbons (Fsp3) is 0.111. The van der Waals surface area contributed by atoms with E-state index in [0.717, 1.165) is 5.69 Å². The van der Waals surface area contributed by atoms with Gasteiger partial charge in [-0.05, 0) is 6.07 Å². The highest BCUT2D eigenvalue weighted by atomic mass is 35.5. The Balaban J connectivity index is 2.44. The minimum atomic E-state index is 0.299. The quantitative estimate of drug-likeness (QED) is 0.840. The van der Waals surface area contributed by atoms with Gasteiger partial charge in [-0.2, -0.15) is 0 Å². The Kier molecular flexibility index (Phi) is 2.47. The van der Waals surface area contributed by atoms with Gasteiger partial charge in [0.25, 0.3) is 0 Å². The number of methoxy groups -OCH3 is 1. The van der Waals surface area contributed by atoms with Crippen LogP contribution in [0.3, 0.4) is 0 Å². The van der Waals surface area contributed by atoms with E-state index < -0.39 is 0 Å². The second kappa shape index (κ2) is 3.78. The molecule has 0 aliphatic heterocycles. The summed E-state index contributed by atoms with van der Waals surface area (Å²) in [7, 11) is 1.55. The Hall–Kier alpha value is -1.75. The van der Waals surface area contributed by atoms with Crippen LogP contribution in [-0.2, 0) is 0 Å². The molecular weight excluding hydrogens is 216 g/mol. The van der Waals surface area contributed by atoms with E-state index in [2.05, 4.69) is 10.1 Å². The van der Waals surface area contributed by atoms with E-state index in [-0.39, 0.29) is 0 Å². The Morgan fingerprint density at radius 1 is 1.53 bits per heavy atom. The summed E-state index contributed by atoms with van der Waals surface area (Å²) in [5.74, 6) is 0.810. The van der Waals surface area contributed by atoms with E-state index in [1.807, 2.05) is 0 Å². The lowest BCUT2D eigenvalue weighted by Crippen LogP contribution is -1.97. The van der Waals surface area contributed by atoms with Gasteiger partial charge in [-0.15, -0.1) is 5.10 Å². The average Bonchev–Trinajstić information content (AvgIpc) is 2.59. The molecule has 0 fully saturated rings. The first-order chi connectivity index (χ1) is 7.20. The van der Waals surface area contributed by atoms with Crippen molar-refractivity contribution in [2.45, 2.75) is 0 Å². The normalized spacial score (nSPS) is 10.3. The number of aromatic nitrogens is 3. The van der Waals surface area contributed by atoms with Crippen molar-refractivity contribution in [1.29, 1.82) is 0 Å². The van der Waals surface area contributed by atoms with Gasteiger partial charge >= 0.3 is 0 Å². The summed E-state index contributed by atoms with van der Waals surface area (Å²) >= 11 is 5.80. The van der Waals surface area contributed by atoms with Crippen molar-refractivity contribution in [3.63, 3.8) is 0 Å². The Morgan fingerprint density at radius 3 is 2.93 bits per heavy atom. The Bertz CT molecular complexity index is 463. The molecule has 0 amide bonds. The second-order valence-electron chi connectivity index (χ2n) is 2.86. The van der Waals surface area contributed by atoms with E-state index in [4.69, 9.17) is 22.1 Å². The topological polar surface area (TPSA) is 66.0 Å². The molecule has 0 spiro atoms. The maximum absolute atomic E-state index is 5.80. The van der Waals surface area contributed by atoms with Gasteiger partial charge in [0.15, 0.2) is 5.82 Å². The van der Waals surface area contributed by atoms with Crippen LogP contribution in [0.25, 0.3) is 5.69 Å². The molecule has 0 aromatic carbocycles. The van der Waals surface area contributed by atoms with Gasteiger partial charge in [0.2, 0.25) is 5.88 Å². The largest absolute Gasteiger partial charge is 0.481 e. The van der Waals surface area contributed by atoms with Crippen LogP contribution in [0.1, 0.15) is 0 Å². The van der Waals surface area contributed by atoms with Crippen molar-refractivity contribution >= 4 is 17.4 Å². The molecule has 0 bridgehead atoms. The average molecular weight is 225 g/mol. The fourth-order valence-corrected chi connectivity index (χ4v) is 1.28. The molecule has 0 unspecified atom stereocenters. The van der Waals surface area contributed by atoms with Crippen molar-refractivity contribution < 1.29 is 4.74 Å². The number of hydrogen-bond acceptors (Lipinski definition) is 4. The van der Waals surface area contributed by atoms with E-state index >= 15 is 0 Å². The summed E-state index contributed by atoms with van der Waals surface area (Å²) in [6, 6.07) is 3.52. The van der Waals surface area contributed by atoms with Gasteiger partial charge in [-0.1, -0.05) is 11.6 Å². The van der Waals surface area contributed by atoms with Crippen LogP contribution in [0, 0.1) is 0 Å². The molecule has 0 saturated carbocycles. The zero-order chi connectivity index (χ0) is 10.8. The molecule has 2 N–H and O–H groups in total. The van der Waals surface area contributed by atoms with E-state index in [1.165, 1.54) is 0 Å². The molecule has 78 valence electrons. The highest BCUT2D eigenvalue weighted by molar-refractivity contribution is 6.32. The molecule has 15 heavy (non-hydrogen) atoms. The van der Waals surface area contributed by atoms with Crippen LogP contribution in [0.2, 0.25) is 5.02 Å². The van der Waals surface area contributed by atoms with Gasteiger partial charge in [0, 0.05) is 12.3 Å². The number of anilines is 1. The van der Waals surface area contributed by atoms with Crippen LogP contribution in [0.4, 0.5) is 5.82 Å². The molecule has 0 saturated heterocycles. The summed E-state index contributed by atoms with van der Waals surface area (Å²) in [6.45, 7) is 0. The SMILES string of the molecule is COc1cc(-n2cc(Cl)c(N)n2)ccn1. The predicted molar refractivity (Wildman–Crippen MR) is 57.3 cm³/mol. The molecule has 0 radical (unpaired) electrons. The maximum atomic E-state index is 5.80. The highest BCUT2D eigenvalue weighted by Gasteiger charge is 2.05. The van der Waals surface area contributed by atoms with Gasteiger partial charge in [0.05, 0.1) is 19.0 Å². The summed E-state index contributed by atoms with van der Waals surface area (Å²) in [6.07, 6.45) is 3.26. The van der Waals surface area contributed by atoms with E-state index in [1.54, 1.807) is 36.3 Å². The smallest absolute Gasteiger partial charge is 0.215 e. The van der Waals surface area contributed by atoms with E-state index in [0.29, 0.717) is 16.7 Å². The van der Waals surface area contributed by atoms with Crippen molar-refractivity contribution in [2.24, 2.45) is 0 Å². The molecule has 0 atom stereocenters. The van der Waals surface area contributed by atoms with Crippen LogP contribution < -0.4 is 10.5 Å². The minimum Gasteiger partial charge on any atom is -0.481 e. The Morgan fingerprint density at radius 2 is 2.33 bits per heavy atom. The van der Waals surface area contributed by atoms with Gasteiger partial charge < -0.3 is 10.5 Å². The summed E-state index contributed by atoms with van der Waals surface area (Å²) in [5.41, 5.74) is 6.33. The first-order valence-corrected chi connectivity index (χ1v) is 4.59. The van der Waals surface area contributed by atoms with Crippen molar-refractivity contribution in [2.75, 3.05) is 12.8 Å². The zero-order valence-corrected chi connectivity index (χ0v) is 8.77. The van der Waals surface area contributed by atoms with Gasteiger partial charge in [-0.25, -0.2) is 9.67 Å². The highest BCUT2D eigenvalue weighted by Crippen LogP contribution is 2.19. The molecular formula is C9H9ClN4O. The third-order valence-electron chi connectivity index (χ3n) is 1.89. The van der Waals surface area contributed by atoms with Crippen LogP contribution in [0.15, 0.2) is 24.5 Å². The first kappa shape index (κ1) is 9.79. The number of rotatable bonds is 2. The molecule has 2 rings (SSSR count). The number of nitrogen functional groups attached to an aromatic ring is 1. The fourth-order valence-electron chi connectivity index (χ4n) is 1.15. The van der Waals surface area contributed by atoms with E-state index in [9.17, 15) is 0 Å². The second-order valence-corrected chi connectivity index (χ2v) is 3.27. The van der Waals surface area contributed by atoms with Crippen molar-refractivity contribution in [3.05, 3.63) is 29.5 Å². The molecule has 6 heteroatoms. The number of nitrogens with zero attached hydrogens (tertiary/aromatic N) is 3. The molecule has 2 aromatic rings. The maximum Gasteiger partial charge on any atom is 0.215 e. The summed E-state index contributed by atoms with van der Waals surface area (Å²) in [5, 5.41) is 4.46. The zero-order valence-electron chi connectivity index (χ0n) is 8.01. The first-order valence-electron chi connectivity index (χ1n) is 4.22. The van der Waals surface area contributed by atoms with Crippen LogP contribution in [-0.4, -0.2) is 21.9 Å². The lowest BCUT2D eigenvalue weighted by Gasteiger charge is -2.02. The predicted octanol–water partition coefficient (Wildman–Crippen LogP) is 1.51. The van der Waals surface area contributed by atoms with Crippen molar-refractivity contribution in [1.82, 2.24) is 14.8 Å². The van der Waals surface area contributed by atoms with Crippen LogP contribution in [0.5, 0.6) is 5.88 Å². The lowest BCUT2D eigenvalue weighted by molar-refractivity contribution is 0.397. The number of hydrogen-bond donors (Lipinski definition) is 1. The third-order valence-corrected chi connectivity index (χ3v) is 2.18. The van der Waals surface area contributed by atoms with Crippen LogP contribution >= 0.6 is 11.6 Å². The van der Waals surface area contributed by atoms with Gasteiger partial charge in [0.1, 0.15) is 5.02 Å². The number of pyridine rings is 1. The summed E-state index contributed by atoms with van der Waals surface area (Å²) < 4.78 is 6.57. The molecule has 2 heterocycles. The molecule has 0 aliphatic rings. The molecule has 5 nitrogen and oxygen atoms in total. The minimum absolute atomic E-state index is 0.299.